The number of imide groups is 1. The maximum Gasteiger partial charge on any atom is 0.416 e. The molecule has 11 heteroatoms. The average molecular weight is 458 g/mol. The molecule has 4 amide bonds. The van der Waals surface area contributed by atoms with Crippen molar-refractivity contribution in [1.82, 2.24) is 21.1 Å². The lowest BCUT2D eigenvalue weighted by molar-refractivity contribution is -0.137. The van der Waals surface area contributed by atoms with Crippen LogP contribution in [-0.4, -0.2) is 29.5 Å². The van der Waals surface area contributed by atoms with Gasteiger partial charge in [0.2, 0.25) is 0 Å². The lowest BCUT2D eigenvalue weighted by Crippen LogP contribution is -2.53. The van der Waals surface area contributed by atoms with Gasteiger partial charge in [0.05, 0.1) is 12.1 Å². The van der Waals surface area contributed by atoms with Crippen molar-refractivity contribution in [3.8, 4) is 11.1 Å². The minimum atomic E-state index is -4.48. The number of nitrogens with zero attached hydrogens (tertiary/aromatic N) is 1. The molecule has 0 saturated carbocycles. The number of nitrogens with one attached hydrogen (secondary N) is 3. The number of aromatic nitrogens is 1. The summed E-state index contributed by atoms with van der Waals surface area (Å²) in [6.07, 6.45) is -3.17. The maximum atomic E-state index is 13.0. The summed E-state index contributed by atoms with van der Waals surface area (Å²) in [7, 11) is 0. The van der Waals surface area contributed by atoms with Gasteiger partial charge in [-0.2, -0.15) is 13.2 Å². The molecule has 8 nitrogen and oxygen atoms in total. The molecule has 1 aromatic heterocycles. The summed E-state index contributed by atoms with van der Waals surface area (Å²) in [6.45, 7) is 1.30. The second-order valence-electron chi connectivity index (χ2n) is 7.46. The van der Waals surface area contributed by atoms with Gasteiger partial charge >= 0.3 is 12.2 Å². The van der Waals surface area contributed by atoms with Crippen molar-refractivity contribution in [2.75, 3.05) is 6.54 Å². The molecule has 33 heavy (non-hydrogen) atoms. The van der Waals surface area contributed by atoms with Crippen LogP contribution in [0.15, 0.2) is 59.3 Å². The predicted octanol–water partition coefficient (Wildman–Crippen LogP) is 3.13. The summed E-state index contributed by atoms with van der Waals surface area (Å²) in [6, 6.07) is 10.0. The fourth-order valence-electron chi connectivity index (χ4n) is 3.65. The Labute approximate surface area is 185 Å². The van der Waals surface area contributed by atoms with Crippen LogP contribution in [0.5, 0.6) is 0 Å². The number of rotatable bonds is 5. The van der Waals surface area contributed by atoms with E-state index in [2.05, 4.69) is 21.1 Å². The molecule has 3 N–H and O–H groups in total. The Bertz CT molecular complexity index is 1240. The number of carbonyl (C=O) groups is 3. The second-order valence-corrected chi connectivity index (χ2v) is 7.46. The first-order valence-corrected chi connectivity index (χ1v) is 9.72. The van der Waals surface area contributed by atoms with Crippen LogP contribution in [-0.2, 0) is 16.5 Å². The normalized spacial score (nSPS) is 18.1. The zero-order valence-electron chi connectivity index (χ0n) is 17.1. The molecular weight excluding hydrogens is 441 g/mol. The van der Waals surface area contributed by atoms with Crippen molar-refractivity contribution in [2.45, 2.75) is 18.6 Å². The van der Waals surface area contributed by atoms with E-state index in [9.17, 15) is 27.6 Å². The van der Waals surface area contributed by atoms with Crippen LogP contribution in [0.2, 0.25) is 0 Å². The highest BCUT2D eigenvalue weighted by Crippen LogP contribution is 2.32. The van der Waals surface area contributed by atoms with Crippen LogP contribution >= 0.6 is 0 Å². The Kier molecular flexibility index (Phi) is 5.40. The van der Waals surface area contributed by atoms with E-state index in [4.69, 9.17) is 4.52 Å². The first kappa shape index (κ1) is 22.1. The molecule has 1 aliphatic heterocycles. The van der Waals surface area contributed by atoms with Crippen LogP contribution in [0.3, 0.4) is 0 Å². The van der Waals surface area contributed by atoms with Gasteiger partial charge in [-0.05, 0) is 36.2 Å². The minimum absolute atomic E-state index is 0.141. The quantitative estimate of drug-likeness (QED) is 0.509. The van der Waals surface area contributed by atoms with E-state index < -0.39 is 35.1 Å². The molecule has 3 aromatic rings. The van der Waals surface area contributed by atoms with Crippen molar-refractivity contribution in [3.05, 3.63) is 77.2 Å². The molecule has 0 unspecified atom stereocenters. The van der Waals surface area contributed by atoms with Crippen molar-refractivity contribution in [3.63, 3.8) is 0 Å². The van der Waals surface area contributed by atoms with Gasteiger partial charge in [0.25, 0.3) is 11.8 Å². The van der Waals surface area contributed by atoms with Crippen LogP contribution in [0, 0.1) is 6.92 Å². The second kappa shape index (κ2) is 8.08. The van der Waals surface area contributed by atoms with E-state index in [1.54, 1.807) is 25.1 Å². The van der Waals surface area contributed by atoms with Gasteiger partial charge in [0.1, 0.15) is 12.0 Å². The number of halogens is 3. The van der Waals surface area contributed by atoms with Gasteiger partial charge in [0, 0.05) is 11.1 Å². The molecule has 4 rings (SSSR count). The van der Waals surface area contributed by atoms with Crippen LogP contribution in [0.1, 0.15) is 27.2 Å². The number of alkyl halides is 3. The Morgan fingerprint density at radius 3 is 2.39 bits per heavy atom. The third-order valence-electron chi connectivity index (χ3n) is 5.30. The summed E-state index contributed by atoms with van der Waals surface area (Å²) in [5, 5.41) is 11.0. The van der Waals surface area contributed by atoms with Crippen LogP contribution in [0.25, 0.3) is 11.1 Å². The smallest absolute Gasteiger partial charge is 0.364 e. The standard InChI is InChI=1S/C22H17F3N4O4/c1-12-10-33-29-17(12)21(19(31)27-20(32)28-21)11-26-18(30)16-5-3-2-4-15(16)13-6-8-14(9-7-13)22(23,24)25/h2-10H,11H2,1H3,(H,26,30)(H2,27,28,31,32)/t21-/m1/s1. The van der Waals surface area contributed by atoms with Crippen molar-refractivity contribution in [1.29, 1.82) is 0 Å². The third kappa shape index (κ3) is 4.04. The number of amides is 4. The molecule has 0 spiro atoms. The van der Waals surface area contributed by atoms with E-state index >= 15 is 0 Å². The van der Waals surface area contributed by atoms with Crippen molar-refractivity contribution in [2.24, 2.45) is 0 Å². The fourth-order valence-corrected chi connectivity index (χ4v) is 3.65. The largest absolute Gasteiger partial charge is 0.416 e. The number of aryl methyl sites for hydroxylation is 1. The zero-order valence-corrected chi connectivity index (χ0v) is 17.1. The van der Waals surface area contributed by atoms with Crippen LogP contribution in [0.4, 0.5) is 18.0 Å². The number of hydrogen-bond acceptors (Lipinski definition) is 5. The Morgan fingerprint density at radius 1 is 1.12 bits per heavy atom. The zero-order chi connectivity index (χ0) is 23.8. The highest BCUT2D eigenvalue weighted by atomic mass is 19.4. The third-order valence-corrected chi connectivity index (χ3v) is 5.30. The number of hydrogen-bond donors (Lipinski definition) is 3. The summed E-state index contributed by atoms with van der Waals surface area (Å²) >= 11 is 0. The molecule has 1 aliphatic rings. The first-order chi connectivity index (χ1) is 15.6. The van der Waals surface area contributed by atoms with E-state index in [1.165, 1.54) is 24.5 Å². The van der Waals surface area contributed by atoms with E-state index in [0.717, 1.165) is 12.1 Å². The highest BCUT2D eigenvalue weighted by molar-refractivity contribution is 6.08. The molecule has 2 heterocycles. The van der Waals surface area contributed by atoms with Gasteiger partial charge in [-0.1, -0.05) is 35.5 Å². The Morgan fingerprint density at radius 2 is 1.82 bits per heavy atom. The van der Waals surface area contributed by atoms with Gasteiger partial charge in [-0.3, -0.25) is 14.9 Å². The van der Waals surface area contributed by atoms with Gasteiger partial charge in [-0.15, -0.1) is 0 Å². The molecule has 2 aromatic carbocycles. The SMILES string of the molecule is Cc1conc1[C@@]1(CNC(=O)c2ccccc2-c2ccc(C(F)(F)F)cc2)NC(=O)NC1=O. The fraction of sp³-hybridized carbons (Fsp3) is 0.182. The van der Waals surface area contributed by atoms with Gasteiger partial charge < -0.3 is 15.2 Å². The number of benzene rings is 2. The molecule has 0 radical (unpaired) electrons. The number of urea groups is 1. The lowest BCUT2D eigenvalue weighted by Gasteiger charge is -2.24. The summed E-state index contributed by atoms with van der Waals surface area (Å²) in [4.78, 5) is 37.4. The first-order valence-electron chi connectivity index (χ1n) is 9.72. The minimum Gasteiger partial charge on any atom is -0.364 e. The molecule has 1 atom stereocenters. The van der Waals surface area contributed by atoms with Gasteiger partial charge in [-0.25, -0.2) is 4.79 Å². The monoisotopic (exact) mass is 458 g/mol. The number of carbonyl (C=O) groups excluding carboxylic acids is 3. The maximum absolute atomic E-state index is 13.0. The molecular formula is C22H17F3N4O4. The van der Waals surface area contributed by atoms with Crippen LogP contribution < -0.4 is 16.0 Å². The summed E-state index contributed by atoms with van der Waals surface area (Å²) < 4.78 is 43.5. The van der Waals surface area contributed by atoms with E-state index in [-0.39, 0.29) is 17.8 Å². The summed E-state index contributed by atoms with van der Waals surface area (Å²) in [5.74, 6) is -1.30. The highest BCUT2D eigenvalue weighted by Gasteiger charge is 2.51. The van der Waals surface area contributed by atoms with Crippen molar-refractivity contribution >= 4 is 17.8 Å². The predicted molar refractivity (Wildman–Crippen MR) is 109 cm³/mol. The Balaban J connectivity index is 1.61. The molecule has 1 saturated heterocycles. The molecule has 0 aliphatic carbocycles. The van der Waals surface area contributed by atoms with E-state index in [0.29, 0.717) is 16.7 Å². The topological polar surface area (TPSA) is 113 Å². The Hall–Kier alpha value is -4.15. The lowest BCUT2D eigenvalue weighted by atomic mass is 9.92. The summed E-state index contributed by atoms with van der Waals surface area (Å²) in [5.41, 5.74) is -0.866. The van der Waals surface area contributed by atoms with E-state index in [1.807, 2.05) is 0 Å². The van der Waals surface area contributed by atoms with Crippen molar-refractivity contribution < 1.29 is 32.1 Å². The molecule has 1 fully saturated rings. The molecule has 170 valence electrons. The van der Waals surface area contributed by atoms with Gasteiger partial charge in [0.15, 0.2) is 5.54 Å². The average Bonchev–Trinajstić information content (AvgIpc) is 3.34. The molecule has 0 bridgehead atoms.